The van der Waals surface area contributed by atoms with E-state index >= 15 is 0 Å². The van der Waals surface area contributed by atoms with E-state index in [1.54, 1.807) is 0 Å². The number of nitrogens with two attached hydrogens (primary N) is 1. The molecule has 0 unspecified atom stereocenters. The first-order valence-electron chi connectivity index (χ1n) is 5.69. The van der Waals surface area contributed by atoms with Crippen molar-refractivity contribution in [3.05, 3.63) is 28.8 Å². The zero-order chi connectivity index (χ0) is 14.6. The SMILES string of the molecule is CCC[C@H](N)C(=O)Nc1ccc(Cl)c(C(F)(F)F)c1. The number of halogens is 4. The molecule has 3 N–H and O–H groups in total. The monoisotopic (exact) mass is 294 g/mol. The van der Waals surface area contributed by atoms with Gasteiger partial charge in [-0.1, -0.05) is 24.9 Å². The van der Waals surface area contributed by atoms with Crippen LogP contribution in [0.3, 0.4) is 0 Å². The molecule has 0 aliphatic rings. The Balaban J connectivity index is 2.89. The van der Waals surface area contributed by atoms with Crippen LogP contribution in [0, 0.1) is 0 Å². The molecule has 0 fully saturated rings. The molecule has 106 valence electrons. The summed E-state index contributed by atoms with van der Waals surface area (Å²) < 4.78 is 37.9. The van der Waals surface area contributed by atoms with E-state index in [4.69, 9.17) is 17.3 Å². The molecular weight excluding hydrogens is 281 g/mol. The Hall–Kier alpha value is -1.27. The largest absolute Gasteiger partial charge is 0.417 e. The van der Waals surface area contributed by atoms with Crippen LogP contribution in [0.15, 0.2) is 18.2 Å². The van der Waals surface area contributed by atoms with Crippen molar-refractivity contribution < 1.29 is 18.0 Å². The predicted molar refractivity (Wildman–Crippen MR) is 68.0 cm³/mol. The van der Waals surface area contributed by atoms with Crippen LogP contribution in [0.2, 0.25) is 5.02 Å². The molecule has 1 aromatic rings. The molecule has 0 heterocycles. The number of hydrogen-bond acceptors (Lipinski definition) is 2. The van der Waals surface area contributed by atoms with Gasteiger partial charge in [-0.05, 0) is 24.6 Å². The van der Waals surface area contributed by atoms with Crippen LogP contribution < -0.4 is 11.1 Å². The predicted octanol–water partition coefficient (Wildman–Crippen LogP) is 3.42. The van der Waals surface area contributed by atoms with Gasteiger partial charge >= 0.3 is 6.18 Å². The van der Waals surface area contributed by atoms with Gasteiger partial charge in [-0.25, -0.2) is 0 Å². The van der Waals surface area contributed by atoms with E-state index in [9.17, 15) is 18.0 Å². The van der Waals surface area contributed by atoms with Crippen LogP contribution in [0.1, 0.15) is 25.3 Å². The first kappa shape index (κ1) is 15.8. The Labute approximate surface area is 113 Å². The molecule has 0 saturated heterocycles. The van der Waals surface area contributed by atoms with Gasteiger partial charge in [-0.15, -0.1) is 0 Å². The molecule has 1 atom stereocenters. The van der Waals surface area contributed by atoms with Gasteiger partial charge in [0.15, 0.2) is 0 Å². The maximum atomic E-state index is 12.6. The van der Waals surface area contributed by atoms with E-state index in [0.717, 1.165) is 12.1 Å². The highest BCUT2D eigenvalue weighted by Crippen LogP contribution is 2.36. The number of rotatable bonds is 4. The highest BCUT2D eigenvalue weighted by Gasteiger charge is 2.33. The third-order valence-corrected chi connectivity index (χ3v) is 2.81. The number of hydrogen-bond donors (Lipinski definition) is 2. The molecule has 7 heteroatoms. The van der Waals surface area contributed by atoms with Gasteiger partial charge in [0.25, 0.3) is 0 Å². The second-order valence-corrected chi connectivity index (χ2v) is 4.48. The van der Waals surface area contributed by atoms with Crippen molar-refractivity contribution in [2.75, 3.05) is 5.32 Å². The summed E-state index contributed by atoms with van der Waals surface area (Å²) in [6, 6.07) is 2.44. The molecular formula is C12H14ClF3N2O. The van der Waals surface area contributed by atoms with E-state index in [0.29, 0.717) is 12.8 Å². The van der Waals surface area contributed by atoms with Gasteiger partial charge in [-0.3, -0.25) is 4.79 Å². The van der Waals surface area contributed by atoms with Gasteiger partial charge in [0, 0.05) is 5.69 Å². The summed E-state index contributed by atoms with van der Waals surface area (Å²) in [6.45, 7) is 1.86. The van der Waals surface area contributed by atoms with Crippen molar-refractivity contribution in [1.82, 2.24) is 0 Å². The minimum Gasteiger partial charge on any atom is -0.325 e. The first-order valence-corrected chi connectivity index (χ1v) is 6.06. The van der Waals surface area contributed by atoms with E-state index in [1.807, 2.05) is 6.92 Å². The molecule has 1 aromatic carbocycles. The van der Waals surface area contributed by atoms with Crippen molar-refractivity contribution in [3.63, 3.8) is 0 Å². The lowest BCUT2D eigenvalue weighted by atomic mass is 10.1. The minimum absolute atomic E-state index is 0.0216. The van der Waals surface area contributed by atoms with Gasteiger partial charge in [0.2, 0.25) is 5.91 Å². The van der Waals surface area contributed by atoms with Crippen molar-refractivity contribution in [1.29, 1.82) is 0 Å². The van der Waals surface area contributed by atoms with Crippen LogP contribution in [-0.4, -0.2) is 11.9 Å². The molecule has 0 spiro atoms. The van der Waals surface area contributed by atoms with E-state index < -0.39 is 28.7 Å². The summed E-state index contributed by atoms with van der Waals surface area (Å²) in [5.74, 6) is -0.516. The zero-order valence-electron chi connectivity index (χ0n) is 10.2. The number of nitrogens with one attached hydrogen (secondary N) is 1. The maximum absolute atomic E-state index is 12.6. The molecule has 0 saturated carbocycles. The molecule has 0 bridgehead atoms. The molecule has 1 rings (SSSR count). The fourth-order valence-electron chi connectivity index (χ4n) is 1.50. The number of alkyl halides is 3. The third-order valence-electron chi connectivity index (χ3n) is 2.48. The highest BCUT2D eigenvalue weighted by molar-refractivity contribution is 6.31. The molecule has 0 radical (unpaired) electrons. The summed E-state index contributed by atoms with van der Waals surface area (Å²) in [4.78, 5) is 11.6. The molecule has 0 aromatic heterocycles. The second-order valence-electron chi connectivity index (χ2n) is 4.08. The van der Waals surface area contributed by atoms with Crippen molar-refractivity contribution in [2.24, 2.45) is 5.73 Å². The topological polar surface area (TPSA) is 55.1 Å². The minimum atomic E-state index is -4.57. The van der Waals surface area contributed by atoms with E-state index in [-0.39, 0.29) is 5.69 Å². The van der Waals surface area contributed by atoms with Crippen LogP contribution in [0.25, 0.3) is 0 Å². The Morgan fingerprint density at radius 1 is 1.47 bits per heavy atom. The molecule has 3 nitrogen and oxygen atoms in total. The van der Waals surface area contributed by atoms with Crippen molar-refractivity contribution >= 4 is 23.2 Å². The number of anilines is 1. The standard InChI is InChI=1S/C12H14ClF3N2O/c1-2-3-10(17)11(19)18-7-4-5-9(13)8(6-7)12(14,15)16/h4-6,10H,2-3,17H2,1H3,(H,18,19)/t10-/m0/s1. The van der Waals surface area contributed by atoms with Crippen molar-refractivity contribution in [2.45, 2.75) is 32.0 Å². The quantitative estimate of drug-likeness (QED) is 0.894. The number of carbonyl (C=O) groups is 1. The second kappa shape index (κ2) is 6.25. The fourth-order valence-corrected chi connectivity index (χ4v) is 1.72. The Kier molecular flexibility index (Phi) is 5.20. The summed E-state index contributed by atoms with van der Waals surface area (Å²) in [6.07, 6.45) is -3.39. The van der Waals surface area contributed by atoms with E-state index in [2.05, 4.69) is 5.32 Å². The first-order chi connectivity index (χ1) is 8.75. The Bertz CT molecular complexity index is 463. The van der Waals surface area contributed by atoms with Gasteiger partial charge < -0.3 is 11.1 Å². The zero-order valence-corrected chi connectivity index (χ0v) is 11.0. The number of benzene rings is 1. The Morgan fingerprint density at radius 3 is 2.63 bits per heavy atom. The average Bonchev–Trinajstić information content (AvgIpc) is 2.30. The Morgan fingerprint density at radius 2 is 2.11 bits per heavy atom. The third kappa shape index (κ3) is 4.40. The van der Waals surface area contributed by atoms with E-state index in [1.165, 1.54) is 6.07 Å². The number of amides is 1. The number of carbonyl (C=O) groups excluding carboxylic acids is 1. The normalized spacial score (nSPS) is 13.2. The molecule has 19 heavy (non-hydrogen) atoms. The lowest BCUT2D eigenvalue weighted by molar-refractivity contribution is -0.137. The summed E-state index contributed by atoms with van der Waals surface area (Å²) in [5.41, 5.74) is 4.60. The maximum Gasteiger partial charge on any atom is 0.417 e. The van der Waals surface area contributed by atoms with Crippen LogP contribution >= 0.6 is 11.6 Å². The van der Waals surface area contributed by atoms with Gasteiger partial charge in [0.1, 0.15) is 0 Å². The van der Waals surface area contributed by atoms with Crippen LogP contribution in [0.5, 0.6) is 0 Å². The van der Waals surface area contributed by atoms with Crippen molar-refractivity contribution in [3.8, 4) is 0 Å². The molecule has 0 aliphatic heterocycles. The lowest BCUT2D eigenvalue weighted by Crippen LogP contribution is -2.35. The van der Waals surface area contributed by atoms with Crippen LogP contribution in [-0.2, 0) is 11.0 Å². The fraction of sp³-hybridized carbons (Fsp3) is 0.417. The van der Waals surface area contributed by atoms with Crippen LogP contribution in [0.4, 0.5) is 18.9 Å². The molecule has 0 aliphatic carbocycles. The highest BCUT2D eigenvalue weighted by atomic mass is 35.5. The smallest absolute Gasteiger partial charge is 0.325 e. The average molecular weight is 295 g/mol. The van der Waals surface area contributed by atoms with Gasteiger partial charge in [-0.2, -0.15) is 13.2 Å². The van der Waals surface area contributed by atoms with Gasteiger partial charge in [0.05, 0.1) is 16.6 Å². The summed E-state index contributed by atoms with van der Waals surface area (Å²) in [5, 5.41) is 1.93. The summed E-state index contributed by atoms with van der Waals surface area (Å²) in [7, 11) is 0. The molecule has 1 amide bonds. The lowest BCUT2D eigenvalue weighted by Gasteiger charge is -2.14. The summed E-state index contributed by atoms with van der Waals surface area (Å²) >= 11 is 5.47.